The molecule has 0 aliphatic heterocycles. The number of aromatic amines is 1. The third-order valence-corrected chi connectivity index (χ3v) is 6.94. The van der Waals surface area contributed by atoms with E-state index in [1.165, 1.54) is 23.9 Å². The lowest BCUT2D eigenvalue weighted by Gasteiger charge is -2.03. The molecule has 0 spiro atoms. The Morgan fingerprint density at radius 3 is 2.70 bits per heavy atom. The second kappa shape index (κ2) is 7.04. The average molecular weight is 386 g/mol. The fraction of sp³-hybridized carbons (Fsp3) is 0.143. The van der Waals surface area contributed by atoms with E-state index >= 15 is 0 Å². The van der Waals surface area contributed by atoms with Gasteiger partial charge in [0.05, 0.1) is 15.5 Å². The minimum atomic E-state index is -3.33. The summed E-state index contributed by atoms with van der Waals surface area (Å²) in [5.74, 6) is 1.09. The molecule has 120 valence electrons. The number of hydrogen-bond acceptors (Lipinski definition) is 6. The number of benzene rings is 1. The molecule has 0 aliphatic rings. The molecule has 0 atom stereocenters. The molecule has 0 saturated heterocycles. The van der Waals surface area contributed by atoms with E-state index in [2.05, 4.69) is 15.2 Å². The molecule has 0 amide bonds. The number of hydrogen-bond donors (Lipinski definition) is 1. The minimum Gasteiger partial charge on any atom is -0.257 e. The second-order valence-electron chi connectivity index (χ2n) is 4.57. The highest BCUT2D eigenvalue weighted by molar-refractivity contribution is 8.00. The Hall–Kier alpha value is -1.35. The largest absolute Gasteiger partial charge is 0.257 e. The van der Waals surface area contributed by atoms with E-state index in [-0.39, 0.29) is 10.6 Å². The van der Waals surface area contributed by atoms with Gasteiger partial charge in [-0.15, -0.1) is 16.4 Å². The maximum atomic E-state index is 12.2. The SMILES string of the molecule is O=S(=O)(CCSc1n[nH]c(-c2cccs2)n1)c1ccc(Cl)cc1. The Balaban J connectivity index is 1.60. The first-order chi connectivity index (χ1) is 11.0. The van der Waals surface area contributed by atoms with Crippen molar-refractivity contribution in [2.24, 2.45) is 0 Å². The first-order valence-corrected chi connectivity index (χ1v) is 10.5. The molecule has 0 saturated carbocycles. The fourth-order valence-electron chi connectivity index (χ4n) is 1.84. The van der Waals surface area contributed by atoms with Gasteiger partial charge in [-0.05, 0) is 35.7 Å². The Labute approximate surface area is 147 Å². The van der Waals surface area contributed by atoms with Gasteiger partial charge in [0.1, 0.15) is 0 Å². The predicted octanol–water partition coefficient (Wildman–Crippen LogP) is 3.75. The molecule has 0 fully saturated rings. The van der Waals surface area contributed by atoms with Gasteiger partial charge in [0.2, 0.25) is 5.16 Å². The number of aromatic nitrogens is 3. The van der Waals surface area contributed by atoms with Gasteiger partial charge in [0, 0.05) is 10.8 Å². The van der Waals surface area contributed by atoms with Crippen molar-refractivity contribution in [2.45, 2.75) is 10.1 Å². The number of nitrogens with zero attached hydrogens (tertiary/aromatic N) is 2. The molecule has 2 heterocycles. The number of thiophene rings is 1. The summed E-state index contributed by atoms with van der Waals surface area (Å²) in [5.41, 5.74) is 0. The van der Waals surface area contributed by atoms with Crippen LogP contribution in [0.1, 0.15) is 0 Å². The molecular weight excluding hydrogens is 374 g/mol. The smallest absolute Gasteiger partial charge is 0.208 e. The van der Waals surface area contributed by atoms with Crippen LogP contribution in [0.25, 0.3) is 10.7 Å². The van der Waals surface area contributed by atoms with Crippen LogP contribution in [0.3, 0.4) is 0 Å². The van der Waals surface area contributed by atoms with Crippen molar-refractivity contribution >= 4 is 44.5 Å². The summed E-state index contributed by atoms with van der Waals surface area (Å²) in [6.45, 7) is 0. The van der Waals surface area contributed by atoms with Gasteiger partial charge in [-0.1, -0.05) is 29.4 Å². The van der Waals surface area contributed by atoms with Crippen molar-refractivity contribution in [1.82, 2.24) is 15.2 Å². The number of H-pyrrole nitrogens is 1. The van der Waals surface area contributed by atoms with Gasteiger partial charge in [-0.25, -0.2) is 13.4 Å². The fourth-order valence-corrected chi connectivity index (χ4v) is 5.07. The van der Waals surface area contributed by atoms with E-state index in [1.807, 2.05) is 17.5 Å². The molecule has 0 unspecified atom stereocenters. The quantitative estimate of drug-likeness (QED) is 0.654. The monoisotopic (exact) mass is 385 g/mol. The Morgan fingerprint density at radius 2 is 2.00 bits per heavy atom. The summed E-state index contributed by atoms with van der Waals surface area (Å²) in [6.07, 6.45) is 0. The number of nitrogens with one attached hydrogen (secondary N) is 1. The highest BCUT2D eigenvalue weighted by Crippen LogP contribution is 2.24. The van der Waals surface area contributed by atoms with E-state index in [9.17, 15) is 8.42 Å². The maximum Gasteiger partial charge on any atom is 0.208 e. The van der Waals surface area contributed by atoms with Crippen molar-refractivity contribution in [1.29, 1.82) is 0 Å². The molecular formula is C14H12ClN3O2S3. The number of rotatable bonds is 6. The molecule has 0 bridgehead atoms. The van der Waals surface area contributed by atoms with Gasteiger partial charge < -0.3 is 0 Å². The molecule has 3 rings (SSSR count). The van der Waals surface area contributed by atoms with Crippen LogP contribution in [0.5, 0.6) is 0 Å². The van der Waals surface area contributed by atoms with Crippen LogP contribution in [0.2, 0.25) is 5.02 Å². The third kappa shape index (κ3) is 4.14. The first-order valence-electron chi connectivity index (χ1n) is 6.62. The summed E-state index contributed by atoms with van der Waals surface area (Å²) in [5, 5.41) is 9.97. The van der Waals surface area contributed by atoms with Crippen LogP contribution in [0.4, 0.5) is 0 Å². The Bertz CT molecular complexity index is 874. The summed E-state index contributed by atoms with van der Waals surface area (Å²) in [4.78, 5) is 5.62. The van der Waals surface area contributed by atoms with E-state index in [1.54, 1.807) is 23.5 Å². The lowest BCUT2D eigenvalue weighted by molar-refractivity contribution is 0.597. The molecule has 9 heteroatoms. The molecule has 23 heavy (non-hydrogen) atoms. The van der Waals surface area contributed by atoms with Gasteiger partial charge in [0.25, 0.3) is 0 Å². The van der Waals surface area contributed by atoms with Gasteiger partial charge in [-0.3, -0.25) is 5.10 Å². The van der Waals surface area contributed by atoms with Crippen molar-refractivity contribution in [3.63, 3.8) is 0 Å². The molecule has 0 radical (unpaired) electrons. The molecule has 3 aromatic rings. The Kier molecular flexibility index (Phi) is 5.05. The normalized spacial score (nSPS) is 11.7. The predicted molar refractivity (Wildman–Crippen MR) is 93.9 cm³/mol. The topological polar surface area (TPSA) is 75.7 Å². The molecule has 2 aromatic heterocycles. The van der Waals surface area contributed by atoms with Crippen LogP contribution < -0.4 is 0 Å². The van der Waals surface area contributed by atoms with E-state index in [0.29, 0.717) is 21.8 Å². The minimum absolute atomic E-state index is 0.0160. The van der Waals surface area contributed by atoms with Crippen molar-refractivity contribution in [3.05, 3.63) is 46.8 Å². The maximum absolute atomic E-state index is 12.2. The highest BCUT2D eigenvalue weighted by atomic mass is 35.5. The second-order valence-corrected chi connectivity index (χ2v) is 9.12. The van der Waals surface area contributed by atoms with Gasteiger partial charge in [-0.2, -0.15) is 0 Å². The number of sulfone groups is 1. The Morgan fingerprint density at radius 1 is 1.22 bits per heavy atom. The molecule has 1 N–H and O–H groups in total. The van der Waals surface area contributed by atoms with Crippen LogP contribution >= 0.6 is 34.7 Å². The lowest BCUT2D eigenvalue weighted by Crippen LogP contribution is -2.08. The zero-order valence-corrected chi connectivity index (χ0v) is 15.0. The zero-order chi connectivity index (χ0) is 16.3. The van der Waals surface area contributed by atoms with Crippen LogP contribution in [0, 0.1) is 0 Å². The van der Waals surface area contributed by atoms with Gasteiger partial charge in [0.15, 0.2) is 15.7 Å². The first kappa shape index (κ1) is 16.5. The number of thioether (sulfide) groups is 1. The molecule has 0 aliphatic carbocycles. The van der Waals surface area contributed by atoms with E-state index < -0.39 is 9.84 Å². The van der Waals surface area contributed by atoms with Crippen LogP contribution in [-0.4, -0.2) is 35.1 Å². The zero-order valence-electron chi connectivity index (χ0n) is 11.8. The van der Waals surface area contributed by atoms with Crippen molar-refractivity contribution in [3.8, 4) is 10.7 Å². The third-order valence-electron chi connectivity index (χ3n) is 2.98. The van der Waals surface area contributed by atoms with Crippen molar-refractivity contribution < 1.29 is 8.42 Å². The number of halogens is 1. The summed E-state index contributed by atoms with van der Waals surface area (Å²) in [6, 6.07) is 10.1. The van der Waals surface area contributed by atoms with Crippen LogP contribution in [-0.2, 0) is 9.84 Å². The lowest BCUT2D eigenvalue weighted by atomic mass is 10.4. The van der Waals surface area contributed by atoms with Crippen molar-refractivity contribution in [2.75, 3.05) is 11.5 Å². The van der Waals surface area contributed by atoms with E-state index in [0.717, 1.165) is 4.88 Å². The summed E-state index contributed by atoms with van der Waals surface area (Å²) >= 11 is 8.65. The van der Waals surface area contributed by atoms with Crippen LogP contribution in [0.15, 0.2) is 51.8 Å². The molecule has 1 aromatic carbocycles. The standard InChI is InChI=1S/C14H12ClN3O2S3/c15-10-3-5-11(6-4-10)23(19,20)9-8-22-14-16-13(17-18-14)12-2-1-7-21-12/h1-7H,8-9H2,(H,16,17,18). The summed E-state index contributed by atoms with van der Waals surface area (Å²) < 4.78 is 24.4. The molecule has 5 nitrogen and oxygen atoms in total. The average Bonchev–Trinajstić information content (AvgIpc) is 3.18. The van der Waals surface area contributed by atoms with E-state index in [4.69, 9.17) is 11.6 Å². The highest BCUT2D eigenvalue weighted by Gasteiger charge is 2.15. The summed E-state index contributed by atoms with van der Waals surface area (Å²) in [7, 11) is -3.33. The van der Waals surface area contributed by atoms with Gasteiger partial charge >= 0.3 is 0 Å².